The Bertz CT molecular complexity index is 479. The highest BCUT2D eigenvalue weighted by Gasteiger charge is 2.64. The summed E-state index contributed by atoms with van der Waals surface area (Å²) in [7, 11) is 0. The number of carbonyl (C=O) groups is 1. The molecule has 22 heavy (non-hydrogen) atoms. The van der Waals surface area contributed by atoms with E-state index in [0.717, 1.165) is 19.3 Å². The molecule has 0 amide bonds. The zero-order valence-corrected chi connectivity index (χ0v) is 14.3. The summed E-state index contributed by atoms with van der Waals surface area (Å²) in [6, 6.07) is 0. The minimum Gasteiger partial charge on any atom is -0.390 e. The SMILES string of the molecule is CC(=O)/C=C/[C@H]1[C@](C)(O)[C@@H](O)[C@H](O)C2C(C)(C)CCC[C@@]21C. The second kappa shape index (κ2) is 5.43. The first kappa shape index (κ1) is 17.6. The average molecular weight is 310 g/mol. The van der Waals surface area contributed by atoms with Gasteiger partial charge in [0.1, 0.15) is 6.10 Å². The van der Waals surface area contributed by atoms with E-state index in [2.05, 4.69) is 20.8 Å². The minimum absolute atomic E-state index is 0.0772. The average Bonchev–Trinajstić information content (AvgIpc) is 2.34. The third kappa shape index (κ3) is 2.55. The first-order chi connectivity index (χ1) is 9.94. The van der Waals surface area contributed by atoms with Crippen molar-refractivity contribution < 1.29 is 20.1 Å². The topological polar surface area (TPSA) is 77.8 Å². The van der Waals surface area contributed by atoms with Crippen LogP contribution in [0.3, 0.4) is 0 Å². The Kier molecular flexibility index (Phi) is 4.35. The van der Waals surface area contributed by atoms with Crippen LogP contribution in [0, 0.1) is 22.7 Å². The molecule has 4 heteroatoms. The van der Waals surface area contributed by atoms with Gasteiger partial charge in [-0.25, -0.2) is 0 Å². The van der Waals surface area contributed by atoms with Gasteiger partial charge in [-0.15, -0.1) is 0 Å². The summed E-state index contributed by atoms with van der Waals surface area (Å²) < 4.78 is 0. The van der Waals surface area contributed by atoms with E-state index in [9.17, 15) is 20.1 Å². The van der Waals surface area contributed by atoms with Crippen LogP contribution in [0.2, 0.25) is 0 Å². The fraction of sp³-hybridized carbons (Fsp3) is 0.833. The maximum Gasteiger partial charge on any atom is 0.152 e. The van der Waals surface area contributed by atoms with Crippen LogP contribution in [0.25, 0.3) is 0 Å². The van der Waals surface area contributed by atoms with Crippen molar-refractivity contribution in [1.82, 2.24) is 0 Å². The summed E-state index contributed by atoms with van der Waals surface area (Å²) in [6.45, 7) is 9.37. The summed E-state index contributed by atoms with van der Waals surface area (Å²) in [5.74, 6) is -0.566. The van der Waals surface area contributed by atoms with E-state index >= 15 is 0 Å². The van der Waals surface area contributed by atoms with Crippen LogP contribution in [-0.2, 0) is 4.79 Å². The van der Waals surface area contributed by atoms with E-state index in [1.807, 2.05) is 0 Å². The van der Waals surface area contributed by atoms with Gasteiger partial charge in [0.05, 0.1) is 11.7 Å². The molecule has 0 aromatic carbocycles. The van der Waals surface area contributed by atoms with Gasteiger partial charge >= 0.3 is 0 Å². The first-order valence-electron chi connectivity index (χ1n) is 8.22. The summed E-state index contributed by atoms with van der Waals surface area (Å²) in [5.41, 5.74) is -1.92. The summed E-state index contributed by atoms with van der Waals surface area (Å²) in [5, 5.41) is 32.1. The molecule has 2 saturated carbocycles. The number of fused-ring (bicyclic) bond motifs is 1. The van der Waals surface area contributed by atoms with Crippen LogP contribution < -0.4 is 0 Å². The van der Waals surface area contributed by atoms with Crippen molar-refractivity contribution >= 4 is 5.78 Å². The fourth-order valence-corrected chi connectivity index (χ4v) is 5.36. The molecule has 2 rings (SSSR count). The lowest BCUT2D eigenvalue weighted by Gasteiger charge is -2.63. The molecule has 2 aliphatic carbocycles. The molecule has 0 bridgehead atoms. The molecule has 6 atom stereocenters. The van der Waals surface area contributed by atoms with Crippen molar-refractivity contribution in [3.8, 4) is 0 Å². The van der Waals surface area contributed by atoms with Crippen molar-refractivity contribution in [2.24, 2.45) is 22.7 Å². The van der Waals surface area contributed by atoms with E-state index in [1.54, 1.807) is 13.0 Å². The highest BCUT2D eigenvalue weighted by molar-refractivity contribution is 5.87. The zero-order valence-electron chi connectivity index (χ0n) is 14.3. The van der Waals surface area contributed by atoms with Crippen LogP contribution in [0.5, 0.6) is 0 Å². The van der Waals surface area contributed by atoms with Crippen LogP contribution in [0.15, 0.2) is 12.2 Å². The Morgan fingerprint density at radius 3 is 2.27 bits per heavy atom. The smallest absolute Gasteiger partial charge is 0.152 e. The maximum absolute atomic E-state index is 11.4. The van der Waals surface area contributed by atoms with Crippen LogP contribution in [-0.4, -0.2) is 38.9 Å². The Labute approximate surface area is 133 Å². The Balaban J connectivity index is 2.55. The van der Waals surface area contributed by atoms with Crippen molar-refractivity contribution in [2.75, 3.05) is 0 Å². The molecule has 0 heterocycles. The van der Waals surface area contributed by atoms with Gasteiger partial charge in [0.15, 0.2) is 5.78 Å². The Morgan fingerprint density at radius 1 is 1.14 bits per heavy atom. The number of hydrogen-bond acceptors (Lipinski definition) is 4. The van der Waals surface area contributed by atoms with Crippen molar-refractivity contribution in [2.45, 2.75) is 71.7 Å². The molecule has 1 unspecified atom stereocenters. The zero-order chi connectivity index (χ0) is 16.9. The lowest BCUT2D eigenvalue weighted by atomic mass is 9.44. The van der Waals surface area contributed by atoms with E-state index in [1.165, 1.54) is 13.0 Å². The van der Waals surface area contributed by atoms with E-state index in [0.29, 0.717) is 0 Å². The Hall–Kier alpha value is -0.710. The number of ketones is 1. The molecule has 0 aromatic heterocycles. The predicted octanol–water partition coefficient (Wildman–Crippen LogP) is 2.07. The predicted molar refractivity (Wildman–Crippen MR) is 85.2 cm³/mol. The molecule has 2 aliphatic rings. The first-order valence-corrected chi connectivity index (χ1v) is 8.22. The number of aliphatic hydroxyl groups is 3. The standard InChI is InChI=1S/C18H30O4/c1-11(19)7-8-12-17(4)10-6-9-16(2,3)14(17)13(20)15(21)18(12,5)22/h7-8,12-15,20-22H,6,9-10H2,1-5H3/b8-7+/t12-,13-,14?,15+,17-,18+/m1/s1. The molecule has 2 fully saturated rings. The largest absolute Gasteiger partial charge is 0.390 e. The van der Waals surface area contributed by atoms with Gasteiger partial charge in [0, 0.05) is 5.92 Å². The molecular formula is C18H30O4. The van der Waals surface area contributed by atoms with Crippen LogP contribution >= 0.6 is 0 Å². The minimum atomic E-state index is -1.45. The van der Waals surface area contributed by atoms with Crippen molar-refractivity contribution in [3.63, 3.8) is 0 Å². The molecule has 0 saturated heterocycles. The summed E-state index contributed by atoms with van der Waals surface area (Å²) >= 11 is 0. The molecular weight excluding hydrogens is 280 g/mol. The highest BCUT2D eigenvalue weighted by Crippen LogP contribution is 2.62. The van der Waals surface area contributed by atoms with Gasteiger partial charge in [-0.1, -0.05) is 33.3 Å². The number of allylic oxidation sites excluding steroid dienone is 1. The molecule has 0 aromatic rings. The highest BCUT2D eigenvalue weighted by atomic mass is 16.4. The van der Waals surface area contributed by atoms with E-state index in [-0.39, 0.29) is 28.4 Å². The van der Waals surface area contributed by atoms with E-state index < -0.39 is 17.8 Å². The number of carbonyl (C=O) groups excluding carboxylic acids is 1. The van der Waals surface area contributed by atoms with Gasteiger partial charge in [-0.2, -0.15) is 0 Å². The lowest BCUT2D eigenvalue weighted by molar-refractivity contribution is -0.255. The second-order valence-electron chi connectivity index (χ2n) is 8.43. The normalized spacial score (nSPS) is 48.2. The van der Waals surface area contributed by atoms with Crippen molar-refractivity contribution in [1.29, 1.82) is 0 Å². The van der Waals surface area contributed by atoms with Gasteiger partial charge in [0.2, 0.25) is 0 Å². The third-order valence-corrected chi connectivity index (χ3v) is 6.22. The summed E-state index contributed by atoms with van der Waals surface area (Å²) in [6.07, 6.45) is 3.92. The quantitative estimate of drug-likeness (QED) is 0.682. The van der Waals surface area contributed by atoms with Crippen LogP contribution in [0.4, 0.5) is 0 Å². The maximum atomic E-state index is 11.4. The molecule has 3 N–H and O–H groups in total. The Morgan fingerprint density at radius 2 is 1.73 bits per heavy atom. The number of hydrogen-bond donors (Lipinski definition) is 3. The van der Waals surface area contributed by atoms with Gasteiger partial charge in [-0.05, 0) is 49.5 Å². The molecule has 0 aliphatic heterocycles. The fourth-order valence-electron chi connectivity index (χ4n) is 5.36. The lowest BCUT2D eigenvalue weighted by Crippen LogP contribution is -2.69. The van der Waals surface area contributed by atoms with Crippen LogP contribution in [0.1, 0.15) is 53.9 Å². The number of rotatable bonds is 2. The molecule has 4 nitrogen and oxygen atoms in total. The van der Waals surface area contributed by atoms with Gasteiger partial charge < -0.3 is 15.3 Å². The summed E-state index contributed by atoms with van der Waals surface area (Å²) in [4.78, 5) is 11.4. The van der Waals surface area contributed by atoms with Crippen molar-refractivity contribution in [3.05, 3.63) is 12.2 Å². The van der Waals surface area contributed by atoms with Gasteiger partial charge in [0.25, 0.3) is 0 Å². The number of aliphatic hydroxyl groups excluding tert-OH is 2. The molecule has 126 valence electrons. The van der Waals surface area contributed by atoms with Gasteiger partial charge in [-0.3, -0.25) is 4.79 Å². The second-order valence-corrected chi connectivity index (χ2v) is 8.43. The third-order valence-electron chi connectivity index (χ3n) is 6.22. The monoisotopic (exact) mass is 310 g/mol. The molecule has 0 spiro atoms. The van der Waals surface area contributed by atoms with E-state index in [4.69, 9.17) is 0 Å². The molecule has 0 radical (unpaired) electrons.